The van der Waals surface area contributed by atoms with Crippen molar-refractivity contribution in [1.82, 2.24) is 10.0 Å². The van der Waals surface area contributed by atoms with Crippen LogP contribution < -0.4 is 10.5 Å². The maximum Gasteiger partial charge on any atom is 0.212 e. The quantitative estimate of drug-likeness (QED) is 0.939. The van der Waals surface area contributed by atoms with Gasteiger partial charge in [-0.25, -0.2) is 4.98 Å². The number of nitrogens with zero attached hydrogens (tertiary/aromatic N) is 2. The van der Waals surface area contributed by atoms with Crippen LogP contribution in [0, 0.1) is 0 Å². The van der Waals surface area contributed by atoms with E-state index in [4.69, 9.17) is 15.3 Å². The summed E-state index contributed by atoms with van der Waals surface area (Å²) in [6, 6.07) is 12.6. The van der Waals surface area contributed by atoms with Crippen LogP contribution in [0.25, 0.3) is 0 Å². The molecule has 0 radical (unpaired) electrons. The van der Waals surface area contributed by atoms with Gasteiger partial charge in [-0.2, -0.15) is 0 Å². The molecule has 0 bridgehead atoms. The van der Waals surface area contributed by atoms with E-state index in [1.54, 1.807) is 7.11 Å². The summed E-state index contributed by atoms with van der Waals surface area (Å²) in [6.45, 7) is 0. The minimum absolute atomic E-state index is 0.0421. The lowest BCUT2D eigenvalue weighted by Gasteiger charge is -2.35. The Morgan fingerprint density at radius 3 is 2.92 bits per heavy atom. The third kappa shape index (κ3) is 2.61. The molecule has 2 N–H and O–H groups in total. The number of ether oxygens (including phenoxy) is 1. The van der Waals surface area contributed by atoms with Crippen molar-refractivity contribution in [2.45, 2.75) is 31.3 Å². The van der Waals surface area contributed by atoms with E-state index < -0.39 is 0 Å². The molecule has 124 valence electrons. The Balaban J connectivity index is 1.67. The molecule has 1 aliphatic heterocycles. The van der Waals surface area contributed by atoms with E-state index in [0.717, 1.165) is 24.8 Å². The van der Waals surface area contributed by atoms with Gasteiger partial charge in [0.2, 0.25) is 11.8 Å². The maximum atomic E-state index is 5.99. The smallest absolute Gasteiger partial charge is 0.212 e. The monoisotopic (exact) mass is 323 g/mol. The van der Waals surface area contributed by atoms with Crippen LogP contribution in [0.4, 0.5) is 0 Å². The average molecular weight is 323 g/mol. The molecule has 2 aliphatic rings. The standard InChI is InChI=1S/C19H21N3O2/c1-23-19-10-9-14(12-21-19)17-11-18(20)24-22(17)16-8-4-6-13-5-2-3-7-15(13)16/h2-3,5,7,9-12,16-17H,4,6,8,20H2,1H3. The van der Waals surface area contributed by atoms with Crippen LogP contribution in [-0.2, 0) is 11.3 Å². The highest BCUT2D eigenvalue weighted by Gasteiger charge is 2.36. The van der Waals surface area contributed by atoms with Crippen molar-refractivity contribution in [1.29, 1.82) is 0 Å². The number of pyridine rings is 1. The van der Waals surface area contributed by atoms with Crippen LogP contribution in [-0.4, -0.2) is 17.2 Å². The molecule has 1 aromatic carbocycles. The Hall–Kier alpha value is -2.53. The van der Waals surface area contributed by atoms with Crippen LogP contribution in [0.15, 0.2) is 54.6 Å². The van der Waals surface area contributed by atoms with Crippen molar-refractivity contribution < 1.29 is 9.57 Å². The SMILES string of the molecule is COc1ccc(C2C=C(N)ON2C2CCCc3ccccc32)cn1. The van der Waals surface area contributed by atoms with Gasteiger partial charge >= 0.3 is 0 Å². The summed E-state index contributed by atoms with van der Waals surface area (Å²) < 4.78 is 5.15. The molecule has 4 rings (SSSR count). The van der Waals surface area contributed by atoms with Gasteiger partial charge in [0.25, 0.3) is 0 Å². The minimum Gasteiger partial charge on any atom is -0.481 e. The summed E-state index contributed by atoms with van der Waals surface area (Å²) >= 11 is 0. The molecular formula is C19H21N3O2. The molecular weight excluding hydrogens is 302 g/mol. The number of hydrogen-bond acceptors (Lipinski definition) is 5. The zero-order valence-electron chi connectivity index (χ0n) is 13.7. The second kappa shape index (κ2) is 6.17. The molecule has 2 unspecified atom stereocenters. The number of aryl methyl sites for hydroxylation is 1. The number of methoxy groups -OCH3 is 1. The van der Waals surface area contributed by atoms with Crippen molar-refractivity contribution >= 4 is 0 Å². The summed E-state index contributed by atoms with van der Waals surface area (Å²) in [4.78, 5) is 10.2. The van der Waals surface area contributed by atoms with Gasteiger partial charge in [0, 0.05) is 18.3 Å². The number of rotatable bonds is 3. The summed E-state index contributed by atoms with van der Waals surface area (Å²) in [5, 5.41) is 2.01. The van der Waals surface area contributed by atoms with Gasteiger partial charge in [-0.3, -0.25) is 0 Å². The second-order valence-electron chi connectivity index (χ2n) is 6.21. The van der Waals surface area contributed by atoms with Crippen LogP contribution in [0.3, 0.4) is 0 Å². The van der Waals surface area contributed by atoms with E-state index in [9.17, 15) is 0 Å². The van der Waals surface area contributed by atoms with E-state index in [1.165, 1.54) is 11.1 Å². The minimum atomic E-state index is -0.0421. The molecule has 5 heteroatoms. The number of aromatic nitrogens is 1. The molecule has 0 saturated carbocycles. The Kier molecular flexibility index (Phi) is 3.86. The highest BCUT2D eigenvalue weighted by molar-refractivity contribution is 5.34. The fourth-order valence-corrected chi connectivity index (χ4v) is 3.62. The van der Waals surface area contributed by atoms with Crippen LogP contribution in [0.5, 0.6) is 5.88 Å². The lowest BCUT2D eigenvalue weighted by molar-refractivity contribution is -0.157. The first-order valence-electron chi connectivity index (χ1n) is 8.27. The molecule has 2 atom stereocenters. The third-order valence-corrected chi connectivity index (χ3v) is 4.76. The lowest BCUT2D eigenvalue weighted by atomic mass is 9.87. The second-order valence-corrected chi connectivity index (χ2v) is 6.21. The van der Waals surface area contributed by atoms with Crippen molar-refractivity contribution in [2.75, 3.05) is 7.11 Å². The zero-order chi connectivity index (χ0) is 16.5. The number of hydrogen-bond donors (Lipinski definition) is 1. The fraction of sp³-hybridized carbons (Fsp3) is 0.316. The van der Waals surface area contributed by atoms with Crippen LogP contribution in [0.1, 0.15) is 41.6 Å². The lowest BCUT2D eigenvalue weighted by Crippen LogP contribution is -2.31. The predicted molar refractivity (Wildman–Crippen MR) is 90.8 cm³/mol. The largest absolute Gasteiger partial charge is 0.481 e. The molecule has 24 heavy (non-hydrogen) atoms. The first-order valence-corrected chi connectivity index (χ1v) is 8.27. The van der Waals surface area contributed by atoms with Gasteiger partial charge in [-0.15, -0.1) is 5.06 Å². The van der Waals surface area contributed by atoms with E-state index >= 15 is 0 Å². The summed E-state index contributed by atoms with van der Waals surface area (Å²) in [5.41, 5.74) is 9.76. The molecule has 2 heterocycles. The maximum absolute atomic E-state index is 5.99. The molecule has 0 amide bonds. The normalized spacial score (nSPS) is 23.3. The number of benzene rings is 1. The number of fused-ring (bicyclic) bond motifs is 1. The summed E-state index contributed by atoms with van der Waals surface area (Å²) in [5.74, 6) is 1.04. The van der Waals surface area contributed by atoms with E-state index in [0.29, 0.717) is 11.8 Å². The molecule has 2 aromatic rings. The van der Waals surface area contributed by atoms with Crippen molar-refractivity contribution in [2.24, 2.45) is 5.73 Å². The first kappa shape index (κ1) is 15.0. The van der Waals surface area contributed by atoms with Crippen molar-refractivity contribution in [3.05, 3.63) is 71.2 Å². The summed E-state index contributed by atoms with van der Waals surface area (Å²) in [7, 11) is 1.61. The molecule has 0 saturated heterocycles. The van der Waals surface area contributed by atoms with Crippen molar-refractivity contribution in [3.63, 3.8) is 0 Å². The van der Waals surface area contributed by atoms with Gasteiger partial charge in [0.15, 0.2) is 0 Å². The summed E-state index contributed by atoms with van der Waals surface area (Å²) in [6.07, 6.45) is 7.09. The van der Waals surface area contributed by atoms with Gasteiger partial charge < -0.3 is 15.3 Å². The predicted octanol–water partition coefficient (Wildman–Crippen LogP) is 3.26. The third-order valence-electron chi connectivity index (χ3n) is 4.76. The fourth-order valence-electron chi connectivity index (χ4n) is 3.62. The average Bonchev–Trinajstić information content (AvgIpc) is 3.03. The van der Waals surface area contributed by atoms with Crippen LogP contribution >= 0.6 is 0 Å². The molecule has 0 fully saturated rings. The Bertz CT molecular complexity index is 757. The Morgan fingerprint density at radius 2 is 2.12 bits per heavy atom. The van der Waals surface area contributed by atoms with E-state index in [-0.39, 0.29) is 12.1 Å². The van der Waals surface area contributed by atoms with E-state index in [1.807, 2.05) is 29.5 Å². The topological polar surface area (TPSA) is 60.6 Å². The molecule has 0 spiro atoms. The number of hydroxylamine groups is 2. The highest BCUT2D eigenvalue weighted by Crippen LogP contribution is 2.42. The van der Waals surface area contributed by atoms with Gasteiger partial charge in [-0.1, -0.05) is 30.3 Å². The van der Waals surface area contributed by atoms with Gasteiger partial charge in [-0.05, 0) is 36.0 Å². The number of nitrogens with two attached hydrogens (primary N) is 1. The Morgan fingerprint density at radius 1 is 1.25 bits per heavy atom. The van der Waals surface area contributed by atoms with Crippen molar-refractivity contribution in [3.8, 4) is 5.88 Å². The zero-order valence-corrected chi connectivity index (χ0v) is 13.7. The molecule has 1 aromatic heterocycles. The molecule has 5 nitrogen and oxygen atoms in total. The van der Waals surface area contributed by atoms with Gasteiger partial charge in [0.05, 0.1) is 19.2 Å². The van der Waals surface area contributed by atoms with Gasteiger partial charge in [0.1, 0.15) is 0 Å². The van der Waals surface area contributed by atoms with Crippen LogP contribution in [0.2, 0.25) is 0 Å². The first-order chi connectivity index (χ1) is 11.8. The van der Waals surface area contributed by atoms with E-state index in [2.05, 4.69) is 29.2 Å². The Labute approximate surface area is 141 Å². The molecule has 1 aliphatic carbocycles. The highest BCUT2D eigenvalue weighted by atomic mass is 16.7.